The molecular weight excluding hydrogens is 552 g/mol. The Morgan fingerprint density at radius 3 is 2.29 bits per heavy atom. The molecule has 0 bridgehead atoms. The summed E-state index contributed by atoms with van der Waals surface area (Å²) in [5, 5.41) is 13.4. The van der Waals surface area contributed by atoms with Crippen LogP contribution < -0.4 is 5.73 Å². The molecule has 35 heavy (non-hydrogen) atoms. The summed E-state index contributed by atoms with van der Waals surface area (Å²) >= 11 is 9.34. The van der Waals surface area contributed by atoms with Crippen molar-refractivity contribution in [2.75, 3.05) is 5.73 Å². The average Bonchev–Trinajstić information content (AvgIpc) is 3.19. The number of nitrogen functional groups attached to an aromatic ring is 1. The zero-order chi connectivity index (χ0) is 24.6. The number of benzene rings is 3. The molecule has 0 saturated heterocycles. The van der Waals surface area contributed by atoms with Crippen molar-refractivity contribution in [3.8, 4) is 11.3 Å². The van der Waals surface area contributed by atoms with Crippen molar-refractivity contribution in [3.05, 3.63) is 94.6 Å². The van der Waals surface area contributed by atoms with E-state index >= 15 is 0 Å². The highest BCUT2D eigenvalue weighted by Gasteiger charge is 2.27. The third-order valence-corrected chi connectivity index (χ3v) is 7.72. The van der Waals surface area contributed by atoms with E-state index in [-0.39, 0.29) is 26.9 Å². The lowest BCUT2D eigenvalue weighted by Crippen LogP contribution is -2.09. The molecule has 5 aromatic rings. The van der Waals surface area contributed by atoms with Gasteiger partial charge in [-0.15, -0.1) is 10.2 Å². The SMILES string of the molecule is Nc1nn2c(-c3ccc(Br)cc3)c(S(=O)(=O)c3ccccc3)cnc2c1N=Nc1ccc(Cl)cc1. The maximum Gasteiger partial charge on any atom is 0.210 e. The maximum absolute atomic E-state index is 13.6. The van der Waals surface area contributed by atoms with E-state index in [0.717, 1.165) is 4.47 Å². The number of halogens is 2. The molecule has 2 N–H and O–H groups in total. The minimum absolute atomic E-state index is 0.0118. The van der Waals surface area contributed by atoms with Gasteiger partial charge in [-0.05, 0) is 48.5 Å². The summed E-state index contributed by atoms with van der Waals surface area (Å²) in [4.78, 5) is 4.51. The van der Waals surface area contributed by atoms with E-state index in [4.69, 9.17) is 17.3 Å². The molecule has 8 nitrogen and oxygen atoms in total. The fourth-order valence-electron chi connectivity index (χ4n) is 3.48. The fraction of sp³-hybridized carbons (Fsp3) is 0. The summed E-state index contributed by atoms with van der Waals surface area (Å²) in [5.74, 6) is 0.0582. The first kappa shape index (κ1) is 23.2. The van der Waals surface area contributed by atoms with Gasteiger partial charge >= 0.3 is 0 Å². The Labute approximate surface area is 214 Å². The smallest absolute Gasteiger partial charge is 0.210 e. The summed E-state index contributed by atoms with van der Waals surface area (Å²) in [6, 6.07) is 22.2. The van der Waals surface area contributed by atoms with E-state index in [1.54, 1.807) is 54.6 Å². The molecule has 0 spiro atoms. The quantitative estimate of drug-likeness (QED) is 0.239. The van der Waals surface area contributed by atoms with Gasteiger partial charge in [0.1, 0.15) is 4.90 Å². The number of azo groups is 1. The van der Waals surface area contributed by atoms with Crippen molar-refractivity contribution in [2.24, 2.45) is 10.2 Å². The number of nitrogens with zero attached hydrogens (tertiary/aromatic N) is 5. The number of aromatic nitrogens is 3. The van der Waals surface area contributed by atoms with Gasteiger partial charge in [-0.3, -0.25) is 0 Å². The van der Waals surface area contributed by atoms with Crippen LogP contribution in [0.25, 0.3) is 16.9 Å². The minimum Gasteiger partial charge on any atom is -0.380 e. The number of rotatable bonds is 5. The molecule has 0 aliphatic carbocycles. The van der Waals surface area contributed by atoms with E-state index < -0.39 is 9.84 Å². The Kier molecular flexibility index (Phi) is 6.10. The molecule has 0 aliphatic heterocycles. The van der Waals surface area contributed by atoms with E-state index in [0.29, 0.717) is 22.0 Å². The lowest BCUT2D eigenvalue weighted by molar-refractivity contribution is 0.595. The van der Waals surface area contributed by atoms with Crippen LogP contribution in [-0.2, 0) is 9.84 Å². The van der Waals surface area contributed by atoms with Crippen molar-refractivity contribution >= 4 is 60.2 Å². The molecule has 5 rings (SSSR count). The van der Waals surface area contributed by atoms with Crippen LogP contribution in [0, 0.1) is 0 Å². The van der Waals surface area contributed by atoms with E-state index in [1.165, 1.54) is 22.8 Å². The lowest BCUT2D eigenvalue weighted by Gasteiger charge is -2.12. The summed E-state index contributed by atoms with van der Waals surface area (Å²) in [7, 11) is -3.92. The zero-order valence-electron chi connectivity index (χ0n) is 17.9. The second kappa shape index (κ2) is 9.21. The van der Waals surface area contributed by atoms with E-state index in [1.807, 2.05) is 12.1 Å². The summed E-state index contributed by atoms with van der Waals surface area (Å²) < 4.78 is 29.4. The van der Waals surface area contributed by atoms with Gasteiger partial charge in [-0.2, -0.15) is 5.11 Å². The molecule has 0 atom stereocenters. The van der Waals surface area contributed by atoms with Crippen molar-refractivity contribution < 1.29 is 8.42 Å². The molecular formula is C24H16BrClN6O2S. The highest BCUT2D eigenvalue weighted by Crippen LogP contribution is 2.36. The number of sulfone groups is 1. The molecule has 0 unspecified atom stereocenters. The number of fused-ring (bicyclic) bond motifs is 1. The first-order valence-corrected chi connectivity index (χ1v) is 12.9. The topological polar surface area (TPSA) is 115 Å². The summed E-state index contributed by atoms with van der Waals surface area (Å²) in [5.41, 5.74) is 8.15. The minimum atomic E-state index is -3.92. The molecule has 3 aromatic carbocycles. The molecule has 2 aromatic heterocycles. The molecule has 2 heterocycles. The highest BCUT2D eigenvalue weighted by atomic mass is 79.9. The van der Waals surface area contributed by atoms with Crippen molar-refractivity contribution in [3.63, 3.8) is 0 Å². The van der Waals surface area contributed by atoms with Crippen LogP contribution >= 0.6 is 27.5 Å². The Hall–Kier alpha value is -3.60. The predicted molar refractivity (Wildman–Crippen MR) is 138 cm³/mol. The van der Waals surface area contributed by atoms with Gasteiger partial charge < -0.3 is 5.73 Å². The third kappa shape index (κ3) is 4.43. The second-order valence-corrected chi connectivity index (χ2v) is 10.7. The normalized spacial score (nSPS) is 11.9. The molecule has 0 saturated carbocycles. The molecule has 0 aliphatic rings. The van der Waals surface area contributed by atoms with Gasteiger partial charge in [0.2, 0.25) is 9.84 Å². The zero-order valence-corrected chi connectivity index (χ0v) is 21.0. The van der Waals surface area contributed by atoms with E-state index in [9.17, 15) is 8.42 Å². The first-order chi connectivity index (χ1) is 16.8. The van der Waals surface area contributed by atoms with Crippen LogP contribution in [0.2, 0.25) is 5.02 Å². The third-order valence-electron chi connectivity index (χ3n) is 5.16. The fourth-order valence-corrected chi connectivity index (χ4v) is 5.29. The molecule has 11 heteroatoms. The number of hydrogen-bond donors (Lipinski definition) is 1. The second-order valence-electron chi connectivity index (χ2n) is 7.44. The summed E-state index contributed by atoms with van der Waals surface area (Å²) in [6.45, 7) is 0. The van der Waals surface area contributed by atoms with Gasteiger partial charge in [-0.1, -0.05) is 57.9 Å². The monoisotopic (exact) mass is 566 g/mol. The Bertz CT molecular complexity index is 1670. The average molecular weight is 568 g/mol. The molecule has 0 fully saturated rings. The number of anilines is 1. The van der Waals surface area contributed by atoms with Crippen LogP contribution in [0.15, 0.2) is 110 Å². The van der Waals surface area contributed by atoms with Gasteiger partial charge in [0, 0.05) is 15.1 Å². The van der Waals surface area contributed by atoms with Gasteiger partial charge in [0.15, 0.2) is 17.2 Å². The van der Waals surface area contributed by atoms with Crippen molar-refractivity contribution in [1.29, 1.82) is 0 Å². The Morgan fingerprint density at radius 2 is 1.60 bits per heavy atom. The van der Waals surface area contributed by atoms with Gasteiger partial charge in [0.25, 0.3) is 0 Å². The molecule has 0 amide bonds. The van der Waals surface area contributed by atoms with Crippen LogP contribution in [0.5, 0.6) is 0 Å². The molecule has 174 valence electrons. The van der Waals surface area contributed by atoms with Gasteiger partial charge in [-0.25, -0.2) is 17.9 Å². The standard InChI is InChI=1S/C24H16BrClN6O2S/c25-16-8-6-15(7-9-16)22-20(35(33,34)19-4-2-1-3-5-19)14-28-24-21(23(27)31-32(22)24)30-29-18-12-10-17(26)11-13-18/h1-14H,(H2,27,31). The largest absolute Gasteiger partial charge is 0.380 e. The predicted octanol–water partition coefficient (Wildman–Crippen LogP) is 6.64. The Morgan fingerprint density at radius 1 is 0.914 bits per heavy atom. The van der Waals surface area contributed by atoms with Gasteiger partial charge in [0.05, 0.1) is 22.5 Å². The van der Waals surface area contributed by atoms with Crippen LogP contribution in [0.1, 0.15) is 0 Å². The molecule has 0 radical (unpaired) electrons. The number of hydrogen-bond acceptors (Lipinski definition) is 7. The van der Waals surface area contributed by atoms with Crippen LogP contribution in [-0.4, -0.2) is 23.0 Å². The first-order valence-electron chi connectivity index (χ1n) is 10.3. The van der Waals surface area contributed by atoms with Crippen LogP contribution in [0.4, 0.5) is 17.2 Å². The summed E-state index contributed by atoms with van der Waals surface area (Å²) in [6.07, 6.45) is 1.30. The van der Waals surface area contributed by atoms with Crippen molar-refractivity contribution in [1.82, 2.24) is 14.6 Å². The maximum atomic E-state index is 13.6. The highest BCUT2D eigenvalue weighted by molar-refractivity contribution is 9.10. The lowest BCUT2D eigenvalue weighted by atomic mass is 10.1. The number of nitrogens with two attached hydrogens (primary N) is 1. The Balaban J connectivity index is 1.74. The van der Waals surface area contributed by atoms with Crippen molar-refractivity contribution in [2.45, 2.75) is 9.79 Å². The van der Waals surface area contributed by atoms with Crippen LogP contribution in [0.3, 0.4) is 0 Å². The van der Waals surface area contributed by atoms with E-state index in [2.05, 4.69) is 36.2 Å².